The smallest absolute Gasteiger partial charge is 0.157 e. The van der Waals surface area contributed by atoms with Crippen LogP contribution in [0.2, 0.25) is 0 Å². The summed E-state index contributed by atoms with van der Waals surface area (Å²) in [6.45, 7) is 2.92. The minimum atomic E-state index is -0.664. The van der Waals surface area contributed by atoms with Crippen molar-refractivity contribution in [3.8, 4) is 6.07 Å². The fraction of sp³-hybridized carbons (Fsp3) is 0.333. The lowest BCUT2D eigenvalue weighted by molar-refractivity contribution is 0.178. The first kappa shape index (κ1) is 21.4. The molecule has 2 aromatic carbocycles. The van der Waals surface area contributed by atoms with Gasteiger partial charge in [0.25, 0.3) is 0 Å². The molecule has 2 atom stereocenters. The number of anilines is 1. The third-order valence-corrected chi connectivity index (χ3v) is 6.88. The van der Waals surface area contributed by atoms with Crippen LogP contribution in [-0.4, -0.2) is 46.2 Å². The fourth-order valence-electron chi connectivity index (χ4n) is 5.23. The molecular weight excluding hydrogens is 410 g/mol. The Morgan fingerprint density at radius 2 is 1.88 bits per heavy atom. The molecule has 1 fully saturated rings. The number of aliphatic hydroxyl groups is 1. The summed E-state index contributed by atoms with van der Waals surface area (Å²) in [5, 5.41) is 21.3. The largest absolute Gasteiger partial charge is 0.388 e. The Morgan fingerprint density at radius 3 is 2.61 bits per heavy atom. The maximum atomic E-state index is 11.2. The van der Waals surface area contributed by atoms with Crippen LogP contribution in [0.5, 0.6) is 0 Å². The number of aromatic nitrogens is 2. The lowest BCUT2D eigenvalue weighted by Crippen LogP contribution is -2.42. The van der Waals surface area contributed by atoms with Crippen LogP contribution in [0.3, 0.4) is 0 Å². The van der Waals surface area contributed by atoms with Crippen molar-refractivity contribution in [2.45, 2.75) is 38.5 Å². The molecule has 0 amide bonds. The molecule has 2 unspecified atom stereocenters. The van der Waals surface area contributed by atoms with Gasteiger partial charge in [-0.2, -0.15) is 5.26 Å². The van der Waals surface area contributed by atoms with Gasteiger partial charge in [0.15, 0.2) is 5.65 Å². The average Bonchev–Trinajstić information content (AvgIpc) is 3.46. The monoisotopic (exact) mass is 439 g/mol. The summed E-state index contributed by atoms with van der Waals surface area (Å²) in [7, 11) is 4.22. The number of rotatable bonds is 5. The van der Waals surface area contributed by atoms with E-state index in [4.69, 9.17) is 4.98 Å². The van der Waals surface area contributed by atoms with Crippen LogP contribution in [0.15, 0.2) is 54.6 Å². The highest BCUT2D eigenvalue weighted by atomic mass is 16.3. The molecule has 0 spiro atoms. The third kappa shape index (κ3) is 3.54. The molecule has 0 aliphatic carbocycles. The van der Waals surface area contributed by atoms with Crippen LogP contribution in [0, 0.1) is 18.3 Å². The van der Waals surface area contributed by atoms with Gasteiger partial charge >= 0.3 is 0 Å². The number of hydrogen-bond acceptors (Lipinski definition) is 5. The van der Waals surface area contributed by atoms with E-state index >= 15 is 0 Å². The van der Waals surface area contributed by atoms with Gasteiger partial charge in [0.2, 0.25) is 0 Å². The Labute approximate surface area is 194 Å². The number of benzene rings is 2. The first-order valence-corrected chi connectivity index (χ1v) is 11.5. The third-order valence-electron chi connectivity index (χ3n) is 6.88. The Hall–Kier alpha value is -3.40. The van der Waals surface area contributed by atoms with Crippen molar-refractivity contribution >= 4 is 22.5 Å². The molecular formula is C27H29N5O. The van der Waals surface area contributed by atoms with E-state index < -0.39 is 6.10 Å². The summed E-state index contributed by atoms with van der Waals surface area (Å²) in [6, 6.07) is 20.2. The summed E-state index contributed by atoms with van der Waals surface area (Å²) in [5.74, 6) is 1.04. The Balaban J connectivity index is 1.82. The molecule has 0 saturated carbocycles. The van der Waals surface area contributed by atoms with Gasteiger partial charge in [-0.1, -0.05) is 42.5 Å². The van der Waals surface area contributed by atoms with Crippen molar-refractivity contribution in [2.24, 2.45) is 0 Å². The lowest BCUT2D eigenvalue weighted by atomic mass is 9.95. The van der Waals surface area contributed by atoms with Crippen molar-refractivity contribution in [3.05, 3.63) is 76.9 Å². The minimum absolute atomic E-state index is 0.245. The molecule has 1 N–H and O–H groups in total. The molecule has 1 aliphatic heterocycles. The molecule has 6 nitrogen and oxygen atoms in total. The van der Waals surface area contributed by atoms with Crippen molar-refractivity contribution in [3.63, 3.8) is 0 Å². The van der Waals surface area contributed by atoms with Crippen LogP contribution in [0.1, 0.15) is 41.2 Å². The zero-order valence-electron chi connectivity index (χ0n) is 19.4. The number of aliphatic hydroxyl groups excluding tert-OH is 1. The van der Waals surface area contributed by atoms with Crippen LogP contribution in [0.4, 0.5) is 5.82 Å². The quantitative estimate of drug-likeness (QED) is 0.498. The Morgan fingerprint density at radius 1 is 1.15 bits per heavy atom. The highest BCUT2D eigenvalue weighted by Gasteiger charge is 2.33. The fourth-order valence-corrected chi connectivity index (χ4v) is 5.23. The highest BCUT2D eigenvalue weighted by molar-refractivity contribution is 5.86. The summed E-state index contributed by atoms with van der Waals surface area (Å²) in [6.07, 6.45) is 2.17. The van der Waals surface area contributed by atoms with E-state index in [1.807, 2.05) is 55.5 Å². The number of fused-ring (bicyclic) bond motifs is 3. The molecule has 168 valence electrons. The maximum absolute atomic E-state index is 11.2. The normalized spacial score (nSPS) is 17.2. The number of para-hydroxylation sites is 2. The molecule has 5 rings (SSSR count). The van der Waals surface area contributed by atoms with E-state index in [1.54, 1.807) is 0 Å². The number of pyridine rings is 1. The highest BCUT2D eigenvalue weighted by Crippen LogP contribution is 2.38. The first-order valence-electron chi connectivity index (χ1n) is 11.5. The van der Waals surface area contributed by atoms with E-state index in [2.05, 4.69) is 40.4 Å². The van der Waals surface area contributed by atoms with Gasteiger partial charge < -0.3 is 10.0 Å². The van der Waals surface area contributed by atoms with Crippen molar-refractivity contribution in [1.29, 1.82) is 5.26 Å². The Bertz CT molecular complexity index is 1350. The van der Waals surface area contributed by atoms with Gasteiger partial charge in [0.1, 0.15) is 11.9 Å². The van der Waals surface area contributed by atoms with Gasteiger partial charge in [-0.25, -0.2) is 4.98 Å². The second-order valence-electron chi connectivity index (χ2n) is 9.08. The predicted molar refractivity (Wildman–Crippen MR) is 131 cm³/mol. The molecule has 33 heavy (non-hydrogen) atoms. The van der Waals surface area contributed by atoms with E-state index in [1.165, 1.54) is 0 Å². The predicted octanol–water partition coefficient (Wildman–Crippen LogP) is 4.43. The molecule has 6 heteroatoms. The maximum Gasteiger partial charge on any atom is 0.157 e. The number of imidazole rings is 1. The average molecular weight is 440 g/mol. The van der Waals surface area contributed by atoms with Gasteiger partial charge in [-0.15, -0.1) is 0 Å². The summed E-state index contributed by atoms with van der Waals surface area (Å²) in [4.78, 5) is 9.55. The molecule has 3 heterocycles. The standard InChI is InChI=1S/C27H29N5O/c1-18-20(16-24(33)19-10-5-4-6-11-19)27(31-15-9-14-25(31)30(2)3)32-23-13-8-7-12-22(23)29-26(32)21(18)17-28/h4-8,10-13,24-25,33H,9,14-16H2,1-3H3. The molecule has 1 aliphatic rings. The van der Waals surface area contributed by atoms with Crippen molar-refractivity contribution in [2.75, 3.05) is 25.5 Å². The van der Waals surface area contributed by atoms with Crippen LogP contribution in [0.25, 0.3) is 16.7 Å². The van der Waals surface area contributed by atoms with E-state index in [0.29, 0.717) is 17.6 Å². The van der Waals surface area contributed by atoms with E-state index in [0.717, 1.165) is 52.9 Å². The SMILES string of the molecule is Cc1c(CC(O)c2ccccc2)c(N2CCCC2N(C)C)n2c(nc3ccccc32)c1C#N. The van der Waals surface area contributed by atoms with Crippen LogP contribution < -0.4 is 4.90 Å². The molecule has 4 aromatic rings. The topological polar surface area (TPSA) is 67.8 Å². The van der Waals surface area contributed by atoms with Gasteiger partial charge in [-0.3, -0.25) is 9.30 Å². The second-order valence-corrected chi connectivity index (χ2v) is 9.08. The zero-order valence-corrected chi connectivity index (χ0v) is 19.4. The molecule has 1 saturated heterocycles. The van der Waals surface area contributed by atoms with Gasteiger partial charge in [0.05, 0.1) is 28.9 Å². The Kier molecular flexibility index (Phi) is 5.53. The molecule has 2 aromatic heterocycles. The summed E-state index contributed by atoms with van der Waals surface area (Å²) < 4.78 is 2.15. The van der Waals surface area contributed by atoms with Gasteiger partial charge in [-0.05, 0) is 57.1 Å². The van der Waals surface area contributed by atoms with E-state index in [-0.39, 0.29) is 6.17 Å². The van der Waals surface area contributed by atoms with Gasteiger partial charge in [0, 0.05) is 18.5 Å². The minimum Gasteiger partial charge on any atom is -0.388 e. The van der Waals surface area contributed by atoms with Crippen molar-refractivity contribution < 1.29 is 5.11 Å². The summed E-state index contributed by atoms with van der Waals surface area (Å²) in [5.41, 5.74) is 5.90. The first-order chi connectivity index (χ1) is 16.0. The molecule has 0 bridgehead atoms. The van der Waals surface area contributed by atoms with E-state index in [9.17, 15) is 10.4 Å². The number of nitriles is 1. The van der Waals surface area contributed by atoms with Crippen LogP contribution >= 0.6 is 0 Å². The number of nitrogens with zero attached hydrogens (tertiary/aromatic N) is 5. The van der Waals surface area contributed by atoms with Crippen LogP contribution in [-0.2, 0) is 6.42 Å². The van der Waals surface area contributed by atoms with Crippen molar-refractivity contribution in [1.82, 2.24) is 14.3 Å². The summed E-state index contributed by atoms with van der Waals surface area (Å²) >= 11 is 0. The second kappa shape index (κ2) is 8.51. The molecule has 0 radical (unpaired) electrons. The zero-order chi connectivity index (χ0) is 23.1. The lowest BCUT2D eigenvalue weighted by Gasteiger charge is -2.34. The number of hydrogen-bond donors (Lipinski definition) is 1.